The van der Waals surface area contributed by atoms with E-state index in [4.69, 9.17) is 9.47 Å². The van der Waals surface area contributed by atoms with Gasteiger partial charge in [0.15, 0.2) is 5.78 Å². The zero-order valence-corrected chi connectivity index (χ0v) is 11.4. The summed E-state index contributed by atoms with van der Waals surface area (Å²) in [5.41, 5.74) is 0.562. The van der Waals surface area contributed by atoms with Crippen LogP contribution >= 0.6 is 0 Å². The van der Waals surface area contributed by atoms with Crippen molar-refractivity contribution in [1.29, 1.82) is 0 Å². The highest BCUT2D eigenvalue weighted by Crippen LogP contribution is 2.39. The van der Waals surface area contributed by atoms with E-state index in [0.29, 0.717) is 12.5 Å². The number of ketones is 1. The molecule has 2 fully saturated rings. The predicted octanol–water partition coefficient (Wildman–Crippen LogP) is 3.37. The number of ether oxygens (including phenoxy) is 2. The second kappa shape index (κ2) is 4.97. The quantitative estimate of drug-likeness (QED) is 0.736. The molecule has 0 aromatic heterocycles. The summed E-state index contributed by atoms with van der Waals surface area (Å²) >= 11 is 0. The lowest BCUT2D eigenvalue weighted by Crippen LogP contribution is -2.41. The van der Waals surface area contributed by atoms with Gasteiger partial charge in [0.2, 0.25) is 0 Å². The highest BCUT2D eigenvalue weighted by atomic mass is 16.5. The van der Waals surface area contributed by atoms with Crippen molar-refractivity contribution >= 4 is 5.78 Å². The van der Waals surface area contributed by atoms with E-state index in [-0.39, 0.29) is 11.4 Å². The molecule has 3 nitrogen and oxygen atoms in total. The molecule has 0 radical (unpaired) electrons. The lowest BCUT2D eigenvalue weighted by molar-refractivity contribution is -0.0704. The third kappa shape index (κ3) is 2.81. The molecular weight excluding hydrogens is 240 g/mol. The third-order valence-electron chi connectivity index (χ3n) is 4.18. The molecule has 3 heteroatoms. The minimum atomic E-state index is -0.194. The average Bonchev–Trinajstić information content (AvgIpc) is 3.18. The van der Waals surface area contributed by atoms with Crippen molar-refractivity contribution in [3.05, 3.63) is 29.8 Å². The number of hydrogen-bond acceptors (Lipinski definition) is 3. The molecule has 102 valence electrons. The molecule has 1 aromatic carbocycles. The maximum absolute atomic E-state index is 12.2. The average molecular weight is 260 g/mol. The lowest BCUT2D eigenvalue weighted by Gasteiger charge is -2.40. The number of rotatable bonds is 6. The summed E-state index contributed by atoms with van der Waals surface area (Å²) in [6.45, 7) is 0. The molecule has 0 N–H and O–H groups in total. The second-order valence-electron chi connectivity index (χ2n) is 5.68. The van der Waals surface area contributed by atoms with Crippen LogP contribution in [-0.4, -0.2) is 24.6 Å². The molecule has 0 unspecified atom stereocenters. The van der Waals surface area contributed by atoms with Gasteiger partial charge in [-0.2, -0.15) is 0 Å². The maximum atomic E-state index is 12.2. The fourth-order valence-corrected chi connectivity index (χ4v) is 2.52. The van der Waals surface area contributed by atoms with E-state index in [1.807, 2.05) is 24.3 Å². The van der Waals surface area contributed by atoms with Crippen LogP contribution in [0.1, 0.15) is 48.9 Å². The molecule has 0 spiro atoms. The lowest BCUT2D eigenvalue weighted by atomic mass is 9.76. The standard InChI is InChI=1S/C16H20O3/c1-18-16(9-2-10-16)11-15(17)12-3-5-13(6-4-12)19-14-7-8-14/h3-6,14H,2,7-11H2,1H3. The van der Waals surface area contributed by atoms with Crippen LogP contribution in [0.4, 0.5) is 0 Å². The summed E-state index contributed by atoms with van der Waals surface area (Å²) in [4.78, 5) is 12.2. The summed E-state index contributed by atoms with van der Waals surface area (Å²) in [5, 5.41) is 0. The molecule has 0 bridgehead atoms. The Labute approximate surface area is 113 Å². The van der Waals surface area contributed by atoms with Gasteiger partial charge in [-0.15, -0.1) is 0 Å². The zero-order chi connectivity index (χ0) is 13.3. The van der Waals surface area contributed by atoms with Crippen molar-refractivity contribution < 1.29 is 14.3 Å². The Balaban J connectivity index is 1.62. The van der Waals surface area contributed by atoms with Crippen molar-refractivity contribution in [3.63, 3.8) is 0 Å². The molecule has 1 aromatic rings. The van der Waals surface area contributed by atoms with Gasteiger partial charge in [0, 0.05) is 19.1 Å². The summed E-state index contributed by atoms with van der Waals surface area (Å²) < 4.78 is 11.2. The van der Waals surface area contributed by atoms with Gasteiger partial charge >= 0.3 is 0 Å². The largest absolute Gasteiger partial charge is 0.490 e. The maximum Gasteiger partial charge on any atom is 0.165 e. The first-order valence-electron chi connectivity index (χ1n) is 7.06. The number of carbonyl (C=O) groups excluding carboxylic acids is 1. The van der Waals surface area contributed by atoms with Gasteiger partial charge in [-0.1, -0.05) is 0 Å². The van der Waals surface area contributed by atoms with Gasteiger partial charge in [0.25, 0.3) is 0 Å². The van der Waals surface area contributed by atoms with Crippen molar-refractivity contribution in [2.45, 2.75) is 50.2 Å². The molecule has 0 heterocycles. The van der Waals surface area contributed by atoms with Gasteiger partial charge < -0.3 is 9.47 Å². The molecule has 2 aliphatic carbocycles. The van der Waals surface area contributed by atoms with E-state index in [2.05, 4.69) is 0 Å². The first kappa shape index (κ1) is 12.7. The van der Waals surface area contributed by atoms with E-state index in [1.165, 1.54) is 0 Å². The first-order valence-corrected chi connectivity index (χ1v) is 7.06. The molecule has 0 aliphatic heterocycles. The van der Waals surface area contributed by atoms with Crippen LogP contribution in [0.15, 0.2) is 24.3 Å². The highest BCUT2D eigenvalue weighted by Gasteiger charge is 2.39. The summed E-state index contributed by atoms with van der Waals surface area (Å²) in [5.74, 6) is 1.03. The molecule has 2 aliphatic rings. The minimum Gasteiger partial charge on any atom is -0.490 e. The number of benzene rings is 1. The second-order valence-corrected chi connectivity index (χ2v) is 5.68. The molecule has 0 amide bonds. The number of methoxy groups -OCH3 is 1. The van der Waals surface area contributed by atoms with Crippen molar-refractivity contribution in [2.75, 3.05) is 7.11 Å². The molecule has 2 saturated carbocycles. The summed E-state index contributed by atoms with van der Waals surface area (Å²) in [6, 6.07) is 7.52. The Hall–Kier alpha value is -1.35. The van der Waals surface area contributed by atoms with Crippen LogP contribution in [-0.2, 0) is 4.74 Å². The molecule has 0 atom stereocenters. The molecule has 3 rings (SSSR count). The number of hydrogen-bond donors (Lipinski definition) is 0. The highest BCUT2D eigenvalue weighted by molar-refractivity contribution is 5.96. The van der Waals surface area contributed by atoms with E-state index in [0.717, 1.165) is 43.4 Å². The molecule has 19 heavy (non-hydrogen) atoms. The smallest absolute Gasteiger partial charge is 0.165 e. The van der Waals surface area contributed by atoms with Crippen LogP contribution in [0, 0.1) is 0 Å². The Bertz CT molecular complexity index is 450. The SMILES string of the molecule is COC1(CC(=O)c2ccc(OC3CC3)cc2)CCC1. The van der Waals surface area contributed by atoms with Crippen molar-refractivity contribution in [1.82, 2.24) is 0 Å². The van der Waals surface area contributed by atoms with Gasteiger partial charge in [-0.25, -0.2) is 0 Å². The summed E-state index contributed by atoms with van der Waals surface area (Å²) in [7, 11) is 1.71. The third-order valence-corrected chi connectivity index (χ3v) is 4.18. The van der Waals surface area contributed by atoms with E-state index >= 15 is 0 Å². The fourth-order valence-electron chi connectivity index (χ4n) is 2.52. The zero-order valence-electron chi connectivity index (χ0n) is 11.4. The van der Waals surface area contributed by atoms with Gasteiger partial charge in [0.1, 0.15) is 5.75 Å². The van der Waals surface area contributed by atoms with Gasteiger partial charge in [-0.05, 0) is 56.4 Å². The van der Waals surface area contributed by atoms with Gasteiger partial charge in [0.05, 0.1) is 11.7 Å². The van der Waals surface area contributed by atoms with Crippen LogP contribution in [0.5, 0.6) is 5.75 Å². The fraction of sp³-hybridized carbons (Fsp3) is 0.562. The molecular formula is C16H20O3. The number of Topliss-reactive ketones (excluding diaryl/α,β-unsaturated/α-hetero) is 1. The Morgan fingerprint density at radius 1 is 1.26 bits per heavy atom. The van der Waals surface area contributed by atoms with Crippen LogP contribution < -0.4 is 4.74 Å². The van der Waals surface area contributed by atoms with E-state index in [9.17, 15) is 4.79 Å². The molecule has 0 saturated heterocycles. The van der Waals surface area contributed by atoms with Crippen LogP contribution in [0.25, 0.3) is 0 Å². The normalized spacial score (nSPS) is 20.7. The van der Waals surface area contributed by atoms with Crippen LogP contribution in [0.2, 0.25) is 0 Å². The monoisotopic (exact) mass is 260 g/mol. The van der Waals surface area contributed by atoms with Crippen molar-refractivity contribution in [2.24, 2.45) is 0 Å². The van der Waals surface area contributed by atoms with Gasteiger partial charge in [-0.3, -0.25) is 4.79 Å². The topological polar surface area (TPSA) is 35.5 Å². The Morgan fingerprint density at radius 3 is 2.42 bits per heavy atom. The van der Waals surface area contributed by atoms with E-state index < -0.39 is 0 Å². The predicted molar refractivity (Wildman–Crippen MR) is 72.6 cm³/mol. The van der Waals surface area contributed by atoms with Crippen molar-refractivity contribution in [3.8, 4) is 5.75 Å². The Morgan fingerprint density at radius 2 is 1.95 bits per heavy atom. The summed E-state index contributed by atoms with van der Waals surface area (Å²) in [6.07, 6.45) is 6.35. The number of carbonyl (C=O) groups is 1. The first-order chi connectivity index (χ1) is 9.21. The minimum absolute atomic E-state index is 0.166. The van der Waals surface area contributed by atoms with E-state index in [1.54, 1.807) is 7.11 Å². The van der Waals surface area contributed by atoms with Crippen LogP contribution in [0.3, 0.4) is 0 Å². The Kier molecular flexibility index (Phi) is 3.31.